The second-order valence-electron chi connectivity index (χ2n) is 6.26. The summed E-state index contributed by atoms with van der Waals surface area (Å²) in [5.41, 5.74) is -1.54. The topological polar surface area (TPSA) is 38.8 Å². The van der Waals surface area contributed by atoms with Gasteiger partial charge in [0.05, 0.1) is 23.7 Å². The molecule has 0 N–H and O–H groups in total. The maximum absolute atomic E-state index is 12.8. The second-order valence-corrected chi connectivity index (χ2v) is 6.67. The summed E-state index contributed by atoms with van der Waals surface area (Å²) >= 11 is 5.55. The first-order valence-electron chi connectivity index (χ1n) is 6.97. The van der Waals surface area contributed by atoms with Crippen molar-refractivity contribution in [2.75, 3.05) is 13.1 Å². The molecule has 1 aliphatic rings. The minimum absolute atomic E-state index is 0.0653. The predicted octanol–water partition coefficient (Wildman–Crippen LogP) is 4.36. The van der Waals surface area contributed by atoms with Crippen LogP contribution in [-0.4, -0.2) is 35.8 Å². The molecule has 1 aliphatic heterocycles. The summed E-state index contributed by atoms with van der Waals surface area (Å²) in [7, 11) is 0. The van der Waals surface area contributed by atoms with Gasteiger partial charge in [-0.05, 0) is 39.0 Å². The summed E-state index contributed by atoms with van der Waals surface area (Å²) < 4.78 is 49.0. The lowest BCUT2D eigenvalue weighted by molar-refractivity contribution is -0.137. The summed E-state index contributed by atoms with van der Waals surface area (Å²) in [6, 6.07) is 3.37. The van der Waals surface area contributed by atoms with Crippen LogP contribution >= 0.6 is 11.6 Å². The second kappa shape index (κ2) is 6.11. The van der Waals surface area contributed by atoms with Gasteiger partial charge in [-0.25, -0.2) is 4.79 Å². The standard InChI is InChI=1S/C15H17ClF3NO3/c1-14(2,3)23-13(21)20-7-10(8-20)22-9-4-5-12(16)11(6-9)15(17,18)19/h4-6,10H,7-8H2,1-3H3. The van der Waals surface area contributed by atoms with Gasteiger partial charge in [-0.1, -0.05) is 11.6 Å². The number of rotatable bonds is 2. The number of nitrogens with zero attached hydrogens (tertiary/aromatic N) is 1. The highest BCUT2D eigenvalue weighted by Crippen LogP contribution is 2.37. The van der Waals surface area contributed by atoms with Crippen LogP contribution < -0.4 is 4.74 Å². The molecule has 0 unspecified atom stereocenters. The van der Waals surface area contributed by atoms with Crippen LogP contribution in [0, 0.1) is 0 Å². The number of carbonyl (C=O) groups excluding carboxylic acids is 1. The van der Waals surface area contributed by atoms with Crippen molar-refractivity contribution in [3.05, 3.63) is 28.8 Å². The summed E-state index contributed by atoms with van der Waals surface area (Å²) in [6.45, 7) is 5.79. The lowest BCUT2D eigenvalue weighted by atomic mass is 10.1. The summed E-state index contributed by atoms with van der Waals surface area (Å²) in [6.07, 6.45) is -5.38. The highest BCUT2D eigenvalue weighted by Gasteiger charge is 2.36. The van der Waals surface area contributed by atoms with Crippen LogP contribution in [0.4, 0.5) is 18.0 Å². The molecular formula is C15H17ClF3NO3. The van der Waals surface area contributed by atoms with Crippen LogP contribution in [0.25, 0.3) is 0 Å². The highest BCUT2D eigenvalue weighted by atomic mass is 35.5. The van der Waals surface area contributed by atoms with E-state index in [0.717, 1.165) is 12.1 Å². The Morgan fingerprint density at radius 1 is 1.26 bits per heavy atom. The Hall–Kier alpha value is -1.63. The quantitative estimate of drug-likeness (QED) is 0.794. The van der Waals surface area contributed by atoms with E-state index in [2.05, 4.69) is 0 Å². The third kappa shape index (κ3) is 4.67. The molecule has 0 atom stereocenters. The third-order valence-corrected chi connectivity index (χ3v) is 3.38. The highest BCUT2D eigenvalue weighted by molar-refractivity contribution is 6.31. The Kier molecular flexibility index (Phi) is 4.71. The van der Waals surface area contributed by atoms with Gasteiger partial charge < -0.3 is 14.4 Å². The molecule has 0 aliphatic carbocycles. The van der Waals surface area contributed by atoms with E-state index in [9.17, 15) is 18.0 Å². The monoisotopic (exact) mass is 351 g/mol. The van der Waals surface area contributed by atoms with Gasteiger partial charge in [0.1, 0.15) is 17.5 Å². The summed E-state index contributed by atoms with van der Waals surface area (Å²) in [5, 5.41) is -0.381. The van der Waals surface area contributed by atoms with E-state index in [4.69, 9.17) is 21.1 Å². The fraction of sp³-hybridized carbons (Fsp3) is 0.533. The molecule has 1 saturated heterocycles. The molecular weight excluding hydrogens is 335 g/mol. The predicted molar refractivity (Wildman–Crippen MR) is 78.7 cm³/mol. The lowest BCUT2D eigenvalue weighted by Crippen LogP contribution is -2.57. The zero-order valence-corrected chi connectivity index (χ0v) is 13.7. The van der Waals surface area contributed by atoms with Crippen molar-refractivity contribution in [1.29, 1.82) is 0 Å². The number of hydrogen-bond donors (Lipinski definition) is 0. The molecule has 0 saturated carbocycles. The molecule has 8 heteroatoms. The summed E-state index contributed by atoms with van der Waals surface area (Å²) in [4.78, 5) is 13.2. The van der Waals surface area contributed by atoms with Gasteiger partial charge >= 0.3 is 12.3 Å². The number of likely N-dealkylation sites (tertiary alicyclic amines) is 1. The number of benzene rings is 1. The largest absolute Gasteiger partial charge is 0.487 e. The Labute approximate surface area is 137 Å². The Bertz CT molecular complexity index is 593. The van der Waals surface area contributed by atoms with Crippen molar-refractivity contribution in [1.82, 2.24) is 4.90 Å². The zero-order valence-electron chi connectivity index (χ0n) is 12.9. The van der Waals surface area contributed by atoms with Gasteiger partial charge in [-0.15, -0.1) is 0 Å². The van der Waals surface area contributed by atoms with Gasteiger partial charge in [0.25, 0.3) is 0 Å². The van der Waals surface area contributed by atoms with Gasteiger partial charge in [-0.3, -0.25) is 0 Å². The third-order valence-electron chi connectivity index (χ3n) is 3.05. The Balaban J connectivity index is 1.92. The molecule has 0 spiro atoms. The number of amides is 1. The molecule has 1 aromatic rings. The van der Waals surface area contributed by atoms with Gasteiger partial charge in [0.2, 0.25) is 0 Å². The van der Waals surface area contributed by atoms with Crippen molar-refractivity contribution in [3.63, 3.8) is 0 Å². The van der Waals surface area contributed by atoms with Crippen LogP contribution in [0.1, 0.15) is 26.3 Å². The average molecular weight is 352 g/mol. The van der Waals surface area contributed by atoms with Gasteiger partial charge in [-0.2, -0.15) is 13.2 Å². The van der Waals surface area contributed by atoms with Crippen molar-refractivity contribution in [3.8, 4) is 5.75 Å². The Morgan fingerprint density at radius 2 is 1.87 bits per heavy atom. The number of ether oxygens (including phenoxy) is 2. The van der Waals surface area contributed by atoms with Crippen LogP contribution in [0.3, 0.4) is 0 Å². The minimum Gasteiger partial charge on any atom is -0.487 e. The van der Waals surface area contributed by atoms with Crippen LogP contribution in [0.2, 0.25) is 5.02 Å². The molecule has 0 radical (unpaired) electrons. The fourth-order valence-corrected chi connectivity index (χ4v) is 2.20. The first kappa shape index (κ1) is 17.7. The van der Waals surface area contributed by atoms with Gasteiger partial charge in [0, 0.05) is 0 Å². The number of hydrogen-bond acceptors (Lipinski definition) is 3. The van der Waals surface area contributed by atoms with Crippen LogP contribution in [-0.2, 0) is 10.9 Å². The van der Waals surface area contributed by atoms with E-state index >= 15 is 0 Å². The van der Waals surface area contributed by atoms with E-state index < -0.39 is 23.4 Å². The first-order chi connectivity index (χ1) is 10.5. The van der Waals surface area contributed by atoms with E-state index in [0.29, 0.717) is 0 Å². The van der Waals surface area contributed by atoms with Crippen molar-refractivity contribution in [2.45, 2.75) is 38.7 Å². The maximum Gasteiger partial charge on any atom is 0.417 e. The molecule has 23 heavy (non-hydrogen) atoms. The SMILES string of the molecule is CC(C)(C)OC(=O)N1CC(Oc2ccc(Cl)c(C(F)(F)F)c2)C1. The van der Waals surface area contributed by atoms with E-state index in [1.54, 1.807) is 20.8 Å². The summed E-state index contributed by atoms with van der Waals surface area (Å²) in [5.74, 6) is 0.0653. The molecule has 1 heterocycles. The molecule has 4 nitrogen and oxygen atoms in total. The molecule has 1 fully saturated rings. The van der Waals surface area contributed by atoms with E-state index in [-0.39, 0.29) is 30.0 Å². The van der Waals surface area contributed by atoms with Crippen molar-refractivity contribution < 1.29 is 27.4 Å². The lowest BCUT2D eigenvalue weighted by Gasteiger charge is -2.39. The number of carbonyl (C=O) groups is 1. The van der Waals surface area contributed by atoms with Crippen LogP contribution in [0.5, 0.6) is 5.75 Å². The normalized spacial score (nSPS) is 16.0. The smallest absolute Gasteiger partial charge is 0.417 e. The molecule has 1 amide bonds. The molecule has 0 bridgehead atoms. The van der Waals surface area contributed by atoms with Crippen LogP contribution in [0.15, 0.2) is 18.2 Å². The van der Waals surface area contributed by atoms with Crippen molar-refractivity contribution >= 4 is 17.7 Å². The van der Waals surface area contributed by atoms with Gasteiger partial charge in [0.15, 0.2) is 0 Å². The Morgan fingerprint density at radius 3 is 2.39 bits per heavy atom. The molecule has 0 aromatic heterocycles. The first-order valence-corrected chi connectivity index (χ1v) is 7.35. The maximum atomic E-state index is 12.8. The van der Waals surface area contributed by atoms with E-state index in [1.165, 1.54) is 11.0 Å². The van der Waals surface area contributed by atoms with Crippen molar-refractivity contribution in [2.24, 2.45) is 0 Å². The number of halogens is 4. The number of alkyl halides is 3. The average Bonchev–Trinajstić information content (AvgIpc) is 2.31. The minimum atomic E-state index is -4.54. The molecule has 128 valence electrons. The molecule has 2 rings (SSSR count). The fourth-order valence-electron chi connectivity index (χ4n) is 1.98. The molecule has 1 aromatic carbocycles. The zero-order chi connectivity index (χ0) is 17.4. The van der Waals surface area contributed by atoms with E-state index in [1.807, 2.05) is 0 Å².